The molecular formula is C14H24N4. The Labute approximate surface area is 109 Å². The lowest BCUT2D eigenvalue weighted by Gasteiger charge is -2.33. The first-order valence-electron chi connectivity index (χ1n) is 7.22. The van der Waals surface area contributed by atoms with E-state index in [0.717, 1.165) is 6.54 Å². The van der Waals surface area contributed by atoms with Crippen LogP contribution in [0.3, 0.4) is 0 Å². The molecule has 18 heavy (non-hydrogen) atoms. The van der Waals surface area contributed by atoms with Crippen molar-refractivity contribution in [1.82, 2.24) is 20.0 Å². The molecule has 1 saturated heterocycles. The van der Waals surface area contributed by atoms with Gasteiger partial charge in [0.15, 0.2) is 0 Å². The first kappa shape index (κ1) is 12.2. The van der Waals surface area contributed by atoms with Crippen LogP contribution in [0, 0.1) is 0 Å². The summed E-state index contributed by atoms with van der Waals surface area (Å²) in [6, 6.07) is 2.14. The number of nitrogens with zero attached hydrogens (tertiary/aromatic N) is 3. The van der Waals surface area contributed by atoms with E-state index in [1.807, 2.05) is 17.9 Å². The summed E-state index contributed by atoms with van der Waals surface area (Å²) >= 11 is 0. The molecule has 4 heteroatoms. The van der Waals surface area contributed by atoms with Crippen molar-refractivity contribution in [2.75, 3.05) is 19.6 Å². The minimum atomic E-state index is 0.408. The smallest absolute Gasteiger partial charge is 0.0764 e. The van der Waals surface area contributed by atoms with Crippen molar-refractivity contribution in [2.45, 2.75) is 44.2 Å². The highest BCUT2D eigenvalue weighted by atomic mass is 15.3. The van der Waals surface area contributed by atoms with Crippen LogP contribution in [0.25, 0.3) is 0 Å². The topological polar surface area (TPSA) is 33.1 Å². The summed E-state index contributed by atoms with van der Waals surface area (Å²) in [5.74, 6) is 0. The average Bonchev–Trinajstić information content (AvgIpc) is 2.89. The molecule has 1 aromatic heterocycles. The third kappa shape index (κ3) is 2.59. The largest absolute Gasteiger partial charge is 0.310 e. The third-order valence-corrected chi connectivity index (χ3v) is 4.39. The molecule has 1 saturated carbocycles. The normalized spacial score (nSPS) is 24.5. The van der Waals surface area contributed by atoms with Crippen molar-refractivity contribution in [3.63, 3.8) is 0 Å². The van der Waals surface area contributed by atoms with Gasteiger partial charge in [-0.25, -0.2) is 0 Å². The molecule has 0 amide bonds. The molecular weight excluding hydrogens is 224 g/mol. The molecule has 4 nitrogen and oxygen atoms in total. The van der Waals surface area contributed by atoms with E-state index in [1.165, 1.54) is 57.4 Å². The molecule has 2 fully saturated rings. The van der Waals surface area contributed by atoms with E-state index in [4.69, 9.17) is 0 Å². The van der Waals surface area contributed by atoms with Crippen molar-refractivity contribution >= 4 is 0 Å². The second-order valence-electron chi connectivity index (χ2n) is 5.96. The number of aromatic nitrogens is 2. The van der Waals surface area contributed by atoms with Crippen molar-refractivity contribution in [2.24, 2.45) is 7.05 Å². The zero-order valence-corrected chi connectivity index (χ0v) is 11.4. The summed E-state index contributed by atoms with van der Waals surface area (Å²) in [5.41, 5.74) is 1.61. The predicted molar refractivity (Wildman–Crippen MR) is 72.3 cm³/mol. The summed E-state index contributed by atoms with van der Waals surface area (Å²) in [4.78, 5) is 2.59. The average molecular weight is 248 g/mol. The fourth-order valence-corrected chi connectivity index (χ4v) is 3.52. The predicted octanol–water partition coefficient (Wildman–Crippen LogP) is 1.53. The quantitative estimate of drug-likeness (QED) is 0.861. The summed E-state index contributed by atoms with van der Waals surface area (Å²) in [6.07, 6.45) is 8.79. The van der Waals surface area contributed by atoms with Crippen LogP contribution in [-0.4, -0.2) is 39.9 Å². The van der Waals surface area contributed by atoms with Gasteiger partial charge in [0, 0.05) is 31.9 Å². The van der Waals surface area contributed by atoms with E-state index < -0.39 is 0 Å². The lowest BCUT2D eigenvalue weighted by molar-refractivity contribution is 0.201. The maximum atomic E-state index is 4.51. The molecule has 1 aromatic rings. The van der Waals surface area contributed by atoms with Crippen LogP contribution in [0.1, 0.15) is 37.8 Å². The summed E-state index contributed by atoms with van der Waals surface area (Å²) < 4.78 is 1.90. The molecule has 0 unspecified atom stereocenters. The van der Waals surface area contributed by atoms with E-state index in [-0.39, 0.29) is 0 Å². The first-order chi connectivity index (χ1) is 8.76. The van der Waals surface area contributed by atoms with Gasteiger partial charge < -0.3 is 5.32 Å². The Kier molecular flexibility index (Phi) is 3.39. The monoisotopic (exact) mass is 248 g/mol. The number of nitrogens with one attached hydrogen (secondary N) is 1. The number of aryl methyl sites for hydroxylation is 1. The van der Waals surface area contributed by atoms with E-state index in [2.05, 4.69) is 21.4 Å². The van der Waals surface area contributed by atoms with Crippen LogP contribution in [0.15, 0.2) is 12.3 Å². The molecule has 1 N–H and O–H groups in total. The minimum Gasteiger partial charge on any atom is -0.310 e. The second kappa shape index (κ2) is 5.02. The SMILES string of the molecule is Cn1ccc(CN2CCCNC3(CCCC3)C2)n1. The molecule has 3 rings (SSSR count). The van der Waals surface area contributed by atoms with Crippen LogP contribution >= 0.6 is 0 Å². The molecule has 0 radical (unpaired) electrons. The summed E-state index contributed by atoms with van der Waals surface area (Å²) in [6.45, 7) is 4.58. The number of hydrogen-bond donors (Lipinski definition) is 1. The Morgan fingerprint density at radius 2 is 2.17 bits per heavy atom. The maximum absolute atomic E-state index is 4.51. The summed E-state index contributed by atoms with van der Waals surface area (Å²) in [5, 5.41) is 8.32. The van der Waals surface area contributed by atoms with Gasteiger partial charge in [0.1, 0.15) is 0 Å². The highest BCUT2D eigenvalue weighted by molar-refractivity contribution is 5.01. The van der Waals surface area contributed by atoms with E-state index in [9.17, 15) is 0 Å². The van der Waals surface area contributed by atoms with Gasteiger partial charge in [-0.1, -0.05) is 12.8 Å². The maximum Gasteiger partial charge on any atom is 0.0764 e. The molecule has 100 valence electrons. The lowest BCUT2D eigenvalue weighted by Crippen LogP contribution is -2.49. The fourth-order valence-electron chi connectivity index (χ4n) is 3.52. The molecule has 0 bridgehead atoms. The van der Waals surface area contributed by atoms with Crippen LogP contribution in [0.4, 0.5) is 0 Å². The standard InChI is InChI=1S/C14H24N4/c1-17-10-5-13(16-17)11-18-9-4-8-15-14(12-18)6-2-3-7-14/h5,10,15H,2-4,6-9,11-12H2,1H3. The Morgan fingerprint density at radius 3 is 2.89 bits per heavy atom. The van der Waals surface area contributed by atoms with E-state index in [1.54, 1.807) is 0 Å². The highest BCUT2D eigenvalue weighted by Crippen LogP contribution is 2.31. The van der Waals surface area contributed by atoms with Crippen LogP contribution < -0.4 is 5.32 Å². The molecule has 1 spiro atoms. The van der Waals surface area contributed by atoms with Crippen LogP contribution in [-0.2, 0) is 13.6 Å². The van der Waals surface area contributed by atoms with Crippen molar-refractivity contribution in [3.8, 4) is 0 Å². The summed E-state index contributed by atoms with van der Waals surface area (Å²) in [7, 11) is 1.99. The Bertz CT molecular complexity index is 392. The van der Waals surface area contributed by atoms with E-state index >= 15 is 0 Å². The highest BCUT2D eigenvalue weighted by Gasteiger charge is 2.36. The molecule has 2 heterocycles. The van der Waals surface area contributed by atoms with Crippen LogP contribution in [0.2, 0.25) is 0 Å². The van der Waals surface area contributed by atoms with Gasteiger partial charge in [0.05, 0.1) is 5.69 Å². The van der Waals surface area contributed by atoms with Crippen LogP contribution in [0.5, 0.6) is 0 Å². The van der Waals surface area contributed by atoms with Crippen molar-refractivity contribution < 1.29 is 0 Å². The Morgan fingerprint density at radius 1 is 1.33 bits per heavy atom. The van der Waals surface area contributed by atoms with E-state index in [0.29, 0.717) is 5.54 Å². The van der Waals surface area contributed by atoms with Gasteiger partial charge in [0.25, 0.3) is 0 Å². The van der Waals surface area contributed by atoms with Gasteiger partial charge in [0.2, 0.25) is 0 Å². The zero-order chi connectivity index (χ0) is 12.4. The molecule has 1 aliphatic heterocycles. The molecule has 1 aliphatic carbocycles. The Hall–Kier alpha value is -0.870. The number of rotatable bonds is 2. The third-order valence-electron chi connectivity index (χ3n) is 4.39. The number of hydrogen-bond acceptors (Lipinski definition) is 3. The van der Waals surface area contributed by atoms with Gasteiger partial charge in [-0.2, -0.15) is 5.10 Å². The van der Waals surface area contributed by atoms with Crippen molar-refractivity contribution in [3.05, 3.63) is 18.0 Å². The van der Waals surface area contributed by atoms with Gasteiger partial charge in [-0.05, 0) is 38.4 Å². The zero-order valence-electron chi connectivity index (χ0n) is 11.4. The molecule has 2 aliphatic rings. The molecule has 0 atom stereocenters. The Balaban J connectivity index is 1.67. The van der Waals surface area contributed by atoms with Gasteiger partial charge in [-0.3, -0.25) is 9.58 Å². The van der Waals surface area contributed by atoms with Crippen molar-refractivity contribution in [1.29, 1.82) is 0 Å². The minimum absolute atomic E-state index is 0.408. The second-order valence-corrected chi connectivity index (χ2v) is 5.96. The first-order valence-corrected chi connectivity index (χ1v) is 7.22. The molecule has 0 aromatic carbocycles. The van der Waals surface area contributed by atoms with Gasteiger partial charge in [-0.15, -0.1) is 0 Å². The van der Waals surface area contributed by atoms with Gasteiger partial charge >= 0.3 is 0 Å². The lowest BCUT2D eigenvalue weighted by atomic mass is 9.97. The fraction of sp³-hybridized carbons (Fsp3) is 0.786.